The number of fused-ring (bicyclic) bond motifs is 2. The molecule has 2 unspecified atom stereocenters. The topological polar surface area (TPSA) is 135 Å². The van der Waals surface area contributed by atoms with E-state index < -0.39 is 39.5 Å². The molecule has 0 saturated heterocycles. The minimum Gasteiger partial charge on any atom is -0.446 e. The van der Waals surface area contributed by atoms with Crippen LogP contribution in [0.1, 0.15) is 38.3 Å². The van der Waals surface area contributed by atoms with E-state index in [2.05, 4.69) is 15.0 Å². The Morgan fingerprint density at radius 3 is 2.66 bits per heavy atom. The zero-order valence-electron chi connectivity index (χ0n) is 18.0. The molecule has 9 nitrogen and oxygen atoms in total. The van der Waals surface area contributed by atoms with Gasteiger partial charge >= 0.3 is 0 Å². The molecule has 0 fully saturated rings. The molecule has 0 spiro atoms. The van der Waals surface area contributed by atoms with E-state index in [9.17, 15) is 22.8 Å². The lowest BCUT2D eigenvalue weighted by molar-refractivity contribution is -0.141. The predicted molar refractivity (Wildman–Crippen MR) is 115 cm³/mol. The van der Waals surface area contributed by atoms with Crippen molar-refractivity contribution in [3.63, 3.8) is 0 Å². The number of Topliss-reactive ketones (excluding diaryl/α,β-unsaturated/α-hetero) is 2. The summed E-state index contributed by atoms with van der Waals surface area (Å²) in [5.74, 6) is -2.45. The number of carbonyl (C=O) groups is 3. The van der Waals surface area contributed by atoms with Crippen molar-refractivity contribution in [1.82, 2.24) is 15.0 Å². The fourth-order valence-electron chi connectivity index (χ4n) is 3.54. The number of ketones is 2. The summed E-state index contributed by atoms with van der Waals surface area (Å²) in [4.78, 5) is 42.4. The summed E-state index contributed by atoms with van der Waals surface area (Å²) in [5.41, 5.74) is 0. The molecule has 32 heavy (non-hydrogen) atoms. The van der Waals surface area contributed by atoms with Crippen molar-refractivity contribution in [3.05, 3.63) is 48.2 Å². The summed E-state index contributed by atoms with van der Waals surface area (Å²) < 4.78 is 33.6. The molecule has 1 aromatic carbocycles. The zero-order chi connectivity index (χ0) is 23.3. The van der Waals surface area contributed by atoms with Gasteiger partial charge in [-0.25, -0.2) is 18.1 Å². The molecule has 2 heterocycles. The first-order valence-corrected chi connectivity index (χ1v) is 12.0. The quantitative estimate of drug-likeness (QED) is 0.595. The van der Waals surface area contributed by atoms with Gasteiger partial charge in [0.15, 0.2) is 11.7 Å². The van der Waals surface area contributed by atoms with Crippen LogP contribution >= 0.6 is 0 Å². The third-order valence-electron chi connectivity index (χ3n) is 5.30. The monoisotopic (exact) mass is 461 g/mol. The Labute approximate surface area is 187 Å². The maximum absolute atomic E-state index is 13.1. The molecule has 0 aliphatic carbocycles. The van der Waals surface area contributed by atoms with E-state index in [1.165, 1.54) is 12.1 Å². The largest absolute Gasteiger partial charge is 0.446 e. The van der Waals surface area contributed by atoms with Crippen molar-refractivity contribution in [3.8, 4) is 0 Å². The van der Waals surface area contributed by atoms with Crippen molar-refractivity contribution in [2.75, 3.05) is 6.54 Å². The lowest BCUT2D eigenvalue weighted by Gasteiger charge is -2.23. The van der Waals surface area contributed by atoms with Gasteiger partial charge in [0.1, 0.15) is 5.76 Å². The second kappa shape index (κ2) is 10.2. The van der Waals surface area contributed by atoms with Crippen LogP contribution in [-0.2, 0) is 37.2 Å². The van der Waals surface area contributed by atoms with Crippen LogP contribution in [0, 0.1) is 11.8 Å². The minimum atomic E-state index is -3.94. The standard InChI is InChI=1S/C22H27N3O6S/c1-14(2)20(25-32(29,30)17-8-4-3-5-9-17)18(26)11-15-12-19-24-13-16(31-19)7-6-10-23-22(28)21(15)27/h3-5,8-9,13-15,20,25H,6-7,10-12H2,1-2H3,(H,23,28). The van der Waals surface area contributed by atoms with Gasteiger partial charge in [-0.05, 0) is 24.5 Å². The number of nitrogens with zero attached hydrogens (tertiary/aromatic N) is 1. The van der Waals surface area contributed by atoms with Gasteiger partial charge < -0.3 is 9.73 Å². The number of sulfonamides is 1. The second-order valence-corrected chi connectivity index (χ2v) is 9.89. The number of aromatic nitrogens is 1. The molecule has 172 valence electrons. The van der Waals surface area contributed by atoms with Gasteiger partial charge in [0, 0.05) is 31.7 Å². The summed E-state index contributed by atoms with van der Waals surface area (Å²) in [6, 6.07) is 6.67. The lowest BCUT2D eigenvalue weighted by atomic mass is 9.88. The van der Waals surface area contributed by atoms with Crippen LogP contribution in [0.25, 0.3) is 0 Å². The SMILES string of the molecule is CC(C)C(NS(=O)(=O)c1ccccc1)C(=O)CC1Cc2ncc(o2)CCCNC(=O)C1=O. The number of oxazole rings is 1. The number of aryl methyl sites for hydroxylation is 1. The highest BCUT2D eigenvalue weighted by Gasteiger charge is 2.34. The molecule has 0 radical (unpaired) electrons. The molecular weight excluding hydrogens is 434 g/mol. The van der Waals surface area contributed by atoms with Crippen molar-refractivity contribution in [2.45, 2.75) is 50.5 Å². The lowest BCUT2D eigenvalue weighted by Crippen LogP contribution is -2.46. The average molecular weight is 462 g/mol. The number of carbonyl (C=O) groups excluding carboxylic acids is 3. The van der Waals surface area contributed by atoms with Gasteiger partial charge in [-0.1, -0.05) is 32.0 Å². The maximum Gasteiger partial charge on any atom is 0.287 e. The summed E-state index contributed by atoms with van der Waals surface area (Å²) in [5, 5.41) is 2.57. The van der Waals surface area contributed by atoms with Gasteiger partial charge in [-0.2, -0.15) is 0 Å². The molecular formula is C22H27N3O6S. The molecule has 1 aromatic heterocycles. The van der Waals surface area contributed by atoms with E-state index in [0.29, 0.717) is 25.1 Å². The van der Waals surface area contributed by atoms with Gasteiger partial charge in [-0.15, -0.1) is 0 Å². The first-order valence-electron chi connectivity index (χ1n) is 10.5. The van der Waals surface area contributed by atoms with Crippen molar-refractivity contribution in [2.24, 2.45) is 11.8 Å². The van der Waals surface area contributed by atoms with Crippen molar-refractivity contribution in [1.29, 1.82) is 0 Å². The summed E-state index contributed by atoms with van der Waals surface area (Å²) in [6.45, 7) is 3.72. The predicted octanol–water partition coefficient (Wildman–Crippen LogP) is 1.43. The molecule has 0 saturated carbocycles. The minimum absolute atomic E-state index is 0.0196. The number of rotatable bonds is 7. The number of benzene rings is 1. The van der Waals surface area contributed by atoms with Crippen LogP contribution in [-0.4, -0.2) is 43.5 Å². The Balaban J connectivity index is 1.81. The Kier molecular flexibility index (Phi) is 7.57. The molecule has 1 aliphatic rings. The molecule has 2 N–H and O–H groups in total. The highest BCUT2D eigenvalue weighted by molar-refractivity contribution is 7.89. The van der Waals surface area contributed by atoms with E-state index in [0.717, 1.165) is 0 Å². The number of hydrogen-bond acceptors (Lipinski definition) is 7. The zero-order valence-corrected chi connectivity index (χ0v) is 18.9. The molecule has 2 atom stereocenters. The van der Waals surface area contributed by atoms with E-state index in [1.807, 2.05) is 0 Å². The van der Waals surface area contributed by atoms with E-state index in [4.69, 9.17) is 4.42 Å². The van der Waals surface area contributed by atoms with Gasteiger partial charge in [0.05, 0.1) is 17.1 Å². The number of hydrogen-bond donors (Lipinski definition) is 2. The Bertz CT molecular complexity index is 1080. The van der Waals surface area contributed by atoms with Crippen molar-refractivity contribution < 1.29 is 27.2 Å². The van der Waals surface area contributed by atoms with Crippen LogP contribution in [0.15, 0.2) is 45.8 Å². The Morgan fingerprint density at radius 1 is 1.25 bits per heavy atom. The normalized spacial score (nSPS) is 18.7. The van der Waals surface area contributed by atoms with E-state index in [-0.39, 0.29) is 29.5 Å². The maximum atomic E-state index is 13.1. The summed E-state index contributed by atoms with van der Waals surface area (Å²) in [6.07, 6.45) is 2.40. The first kappa shape index (κ1) is 23.8. The third kappa shape index (κ3) is 5.89. The average Bonchev–Trinajstić information content (AvgIpc) is 3.20. The van der Waals surface area contributed by atoms with Gasteiger partial charge in [0.25, 0.3) is 5.91 Å². The number of nitrogens with one attached hydrogen (secondary N) is 2. The molecule has 2 aromatic rings. The van der Waals surface area contributed by atoms with Crippen LogP contribution in [0.5, 0.6) is 0 Å². The molecule has 1 amide bonds. The molecule has 10 heteroatoms. The van der Waals surface area contributed by atoms with Crippen molar-refractivity contribution >= 4 is 27.5 Å². The van der Waals surface area contributed by atoms with Crippen LogP contribution in [0.2, 0.25) is 0 Å². The van der Waals surface area contributed by atoms with E-state index in [1.54, 1.807) is 38.2 Å². The Morgan fingerprint density at radius 2 is 1.97 bits per heavy atom. The fraction of sp³-hybridized carbons (Fsp3) is 0.455. The second-order valence-electron chi connectivity index (χ2n) is 8.17. The smallest absolute Gasteiger partial charge is 0.287 e. The molecule has 2 bridgehead atoms. The Hall–Kier alpha value is -2.85. The summed E-state index contributed by atoms with van der Waals surface area (Å²) >= 11 is 0. The van der Waals surface area contributed by atoms with E-state index >= 15 is 0 Å². The highest BCUT2D eigenvalue weighted by Crippen LogP contribution is 2.20. The summed E-state index contributed by atoms with van der Waals surface area (Å²) in [7, 11) is -3.94. The highest BCUT2D eigenvalue weighted by atomic mass is 32.2. The molecule has 1 aliphatic heterocycles. The van der Waals surface area contributed by atoms with Crippen LogP contribution in [0.4, 0.5) is 0 Å². The van der Waals surface area contributed by atoms with Crippen LogP contribution < -0.4 is 10.0 Å². The first-order chi connectivity index (χ1) is 15.2. The van der Waals surface area contributed by atoms with Gasteiger partial charge in [-0.3, -0.25) is 14.4 Å². The fourth-order valence-corrected chi connectivity index (χ4v) is 4.93. The van der Waals surface area contributed by atoms with Gasteiger partial charge in [0.2, 0.25) is 15.8 Å². The third-order valence-corrected chi connectivity index (χ3v) is 6.76. The molecule has 3 rings (SSSR count). The van der Waals surface area contributed by atoms with Crippen LogP contribution in [0.3, 0.4) is 0 Å². The number of amides is 1.